The van der Waals surface area contributed by atoms with Gasteiger partial charge in [-0.3, -0.25) is 9.59 Å². The van der Waals surface area contributed by atoms with Crippen molar-refractivity contribution in [1.29, 1.82) is 0 Å². The molecule has 236 valence electrons. The van der Waals surface area contributed by atoms with Gasteiger partial charge in [0.05, 0.1) is 0 Å². The minimum Gasteiger partial charge on any atom is -0.352 e. The van der Waals surface area contributed by atoms with Crippen molar-refractivity contribution in [3.05, 3.63) is 106 Å². The maximum absolute atomic E-state index is 11.7. The van der Waals surface area contributed by atoms with Gasteiger partial charge in [-0.05, 0) is 70.5 Å². The molecule has 3 aromatic rings. The molecule has 43 heavy (non-hydrogen) atoms. The van der Waals surface area contributed by atoms with Crippen LogP contribution in [0, 0.1) is 6.92 Å². The highest BCUT2D eigenvalue weighted by Crippen LogP contribution is 2.23. The van der Waals surface area contributed by atoms with E-state index in [1.165, 1.54) is 22.3 Å². The average Bonchev–Trinajstić information content (AvgIpc) is 2.94. The Balaban J connectivity index is 0.000000329. The van der Waals surface area contributed by atoms with Crippen LogP contribution >= 0.6 is 0 Å². The van der Waals surface area contributed by atoms with Crippen LogP contribution in [0.5, 0.6) is 0 Å². The first-order valence-corrected chi connectivity index (χ1v) is 15.4. The normalized spacial score (nSPS) is 11.3. The Labute approximate surface area is 262 Å². The molecule has 0 radical (unpaired) electrons. The molecule has 0 saturated carbocycles. The number of carbonyl (C=O) groups excluding carboxylic acids is 2. The molecule has 0 spiro atoms. The van der Waals surface area contributed by atoms with E-state index in [1.807, 2.05) is 55.5 Å². The molecule has 0 heterocycles. The molecule has 0 unspecified atom stereocenters. The van der Waals surface area contributed by atoms with Crippen molar-refractivity contribution < 1.29 is 9.59 Å². The Morgan fingerprint density at radius 1 is 0.558 bits per heavy atom. The smallest absolute Gasteiger partial charge is 0.251 e. The molecule has 0 bridgehead atoms. The van der Waals surface area contributed by atoms with Gasteiger partial charge in [-0.15, -0.1) is 0 Å². The molecule has 0 saturated heterocycles. The van der Waals surface area contributed by atoms with E-state index < -0.39 is 0 Å². The highest BCUT2D eigenvalue weighted by atomic mass is 16.2. The molecule has 0 aromatic heterocycles. The Kier molecular flexibility index (Phi) is 14.9. The van der Waals surface area contributed by atoms with Crippen molar-refractivity contribution >= 4 is 11.8 Å². The van der Waals surface area contributed by atoms with Gasteiger partial charge in [0.1, 0.15) is 0 Å². The van der Waals surface area contributed by atoms with E-state index in [4.69, 9.17) is 5.73 Å². The summed E-state index contributed by atoms with van der Waals surface area (Å²) in [7, 11) is 0. The standard InChI is InChI=1S/C14H21NO.C13H20N2O.C11H16/c1-5-10-15-13(16)11-6-8-12(9-7-11)14(2,3)4;1-13(2,3)11-6-4-10(5-7-11)12(16)15-9-8-14;1-9-5-7-10(8-6-9)11(2,3)4/h6-9H,5,10H2,1-4H3,(H,15,16);4-7H,8-9,14H2,1-3H3,(H,15,16);5-8H,1-4H3. The summed E-state index contributed by atoms with van der Waals surface area (Å²) in [5.74, 6) is -0.0479. The fraction of sp³-hybridized carbons (Fsp3) is 0.474. The van der Waals surface area contributed by atoms with Crippen molar-refractivity contribution in [2.75, 3.05) is 19.6 Å². The summed E-state index contributed by atoms with van der Waals surface area (Å²) in [6, 6.07) is 24.3. The first kappa shape index (κ1) is 37.6. The van der Waals surface area contributed by atoms with Gasteiger partial charge in [0.25, 0.3) is 11.8 Å². The molecule has 5 heteroatoms. The van der Waals surface area contributed by atoms with Crippen molar-refractivity contribution in [1.82, 2.24) is 10.6 Å². The summed E-state index contributed by atoms with van der Waals surface area (Å²) >= 11 is 0. The summed E-state index contributed by atoms with van der Waals surface area (Å²) in [6.45, 7) is 25.5. The van der Waals surface area contributed by atoms with Gasteiger partial charge < -0.3 is 16.4 Å². The lowest BCUT2D eigenvalue weighted by molar-refractivity contribution is 0.0946. The van der Waals surface area contributed by atoms with Crippen molar-refractivity contribution in [2.24, 2.45) is 5.73 Å². The van der Waals surface area contributed by atoms with E-state index in [0.29, 0.717) is 18.7 Å². The van der Waals surface area contributed by atoms with Crippen LogP contribution in [0.3, 0.4) is 0 Å². The molecule has 5 nitrogen and oxygen atoms in total. The monoisotopic (exact) mass is 587 g/mol. The summed E-state index contributed by atoms with van der Waals surface area (Å²) in [5, 5.41) is 5.61. The van der Waals surface area contributed by atoms with E-state index in [0.717, 1.165) is 18.5 Å². The first-order chi connectivity index (χ1) is 19.9. The molecule has 0 fully saturated rings. The van der Waals surface area contributed by atoms with Crippen LogP contribution in [0.25, 0.3) is 0 Å². The van der Waals surface area contributed by atoms with Gasteiger partial charge in [-0.25, -0.2) is 0 Å². The third-order valence-corrected chi connectivity index (χ3v) is 6.91. The number of hydrogen-bond donors (Lipinski definition) is 3. The predicted octanol–water partition coefficient (Wildman–Crippen LogP) is 8.09. The third kappa shape index (κ3) is 14.1. The largest absolute Gasteiger partial charge is 0.352 e. The molecular formula is C38H57N3O2. The van der Waals surface area contributed by atoms with Crippen LogP contribution in [-0.2, 0) is 16.2 Å². The van der Waals surface area contributed by atoms with E-state index in [9.17, 15) is 9.59 Å². The second-order valence-corrected chi connectivity index (χ2v) is 14.1. The maximum atomic E-state index is 11.7. The molecular weight excluding hydrogens is 530 g/mol. The lowest BCUT2D eigenvalue weighted by Gasteiger charge is -2.19. The summed E-state index contributed by atoms with van der Waals surface area (Å²) in [6.07, 6.45) is 0.964. The van der Waals surface area contributed by atoms with Gasteiger partial charge in [-0.1, -0.05) is 123 Å². The fourth-order valence-corrected chi connectivity index (χ4v) is 3.93. The Bertz CT molecular complexity index is 1170. The Hall–Kier alpha value is -3.44. The quantitative estimate of drug-likeness (QED) is 0.272. The zero-order valence-corrected chi connectivity index (χ0v) is 28.7. The number of carbonyl (C=O) groups is 2. The molecule has 3 rings (SSSR count). The SMILES string of the molecule is CC(C)(C)c1ccc(C(=O)NCCN)cc1.CCCNC(=O)c1ccc(C(C)(C)C)cc1.Cc1ccc(C(C)(C)C)cc1. The van der Waals surface area contributed by atoms with E-state index in [2.05, 4.69) is 104 Å². The topological polar surface area (TPSA) is 84.2 Å². The average molecular weight is 588 g/mol. The highest BCUT2D eigenvalue weighted by Gasteiger charge is 2.15. The van der Waals surface area contributed by atoms with Gasteiger partial charge in [0.2, 0.25) is 0 Å². The van der Waals surface area contributed by atoms with E-state index >= 15 is 0 Å². The highest BCUT2D eigenvalue weighted by molar-refractivity contribution is 5.94. The van der Waals surface area contributed by atoms with E-state index in [1.54, 1.807) is 0 Å². The van der Waals surface area contributed by atoms with Crippen LogP contribution in [0.15, 0.2) is 72.8 Å². The molecule has 2 amide bonds. The second kappa shape index (κ2) is 17.0. The van der Waals surface area contributed by atoms with Gasteiger partial charge in [-0.2, -0.15) is 0 Å². The van der Waals surface area contributed by atoms with Crippen LogP contribution in [-0.4, -0.2) is 31.4 Å². The van der Waals surface area contributed by atoms with Crippen LogP contribution < -0.4 is 16.4 Å². The van der Waals surface area contributed by atoms with Crippen molar-refractivity contribution in [3.63, 3.8) is 0 Å². The fourth-order valence-electron chi connectivity index (χ4n) is 3.93. The Morgan fingerprint density at radius 3 is 1.14 bits per heavy atom. The molecule has 0 aliphatic rings. The van der Waals surface area contributed by atoms with Gasteiger partial charge in [0.15, 0.2) is 0 Å². The zero-order chi connectivity index (χ0) is 32.8. The summed E-state index contributed by atoms with van der Waals surface area (Å²) < 4.78 is 0. The summed E-state index contributed by atoms with van der Waals surface area (Å²) in [5.41, 5.74) is 12.5. The number of nitrogens with one attached hydrogen (secondary N) is 2. The van der Waals surface area contributed by atoms with Crippen LogP contribution in [0.1, 0.15) is 119 Å². The first-order valence-electron chi connectivity index (χ1n) is 15.4. The van der Waals surface area contributed by atoms with Crippen LogP contribution in [0.4, 0.5) is 0 Å². The van der Waals surface area contributed by atoms with Crippen molar-refractivity contribution in [3.8, 4) is 0 Å². The second-order valence-electron chi connectivity index (χ2n) is 14.1. The van der Waals surface area contributed by atoms with Gasteiger partial charge in [0, 0.05) is 30.8 Å². The molecule has 0 atom stereocenters. The lowest BCUT2D eigenvalue weighted by Crippen LogP contribution is -2.29. The van der Waals surface area contributed by atoms with Crippen molar-refractivity contribution in [2.45, 2.75) is 98.8 Å². The molecule has 0 aliphatic heterocycles. The minimum absolute atomic E-state index is 0.0160. The molecule has 4 N–H and O–H groups in total. The number of hydrogen-bond acceptors (Lipinski definition) is 3. The minimum atomic E-state index is -0.0640. The number of nitrogens with two attached hydrogens (primary N) is 1. The summed E-state index contributed by atoms with van der Waals surface area (Å²) in [4.78, 5) is 23.3. The molecule has 3 aromatic carbocycles. The third-order valence-electron chi connectivity index (χ3n) is 6.91. The lowest BCUT2D eigenvalue weighted by atomic mass is 9.86. The number of aryl methyl sites for hydroxylation is 1. The number of rotatable bonds is 6. The Morgan fingerprint density at radius 2 is 0.860 bits per heavy atom. The number of amides is 2. The number of benzene rings is 3. The zero-order valence-electron chi connectivity index (χ0n) is 28.7. The van der Waals surface area contributed by atoms with Gasteiger partial charge >= 0.3 is 0 Å². The van der Waals surface area contributed by atoms with Crippen LogP contribution in [0.2, 0.25) is 0 Å². The molecule has 0 aliphatic carbocycles. The predicted molar refractivity (Wildman–Crippen MR) is 184 cm³/mol. The van der Waals surface area contributed by atoms with E-state index in [-0.39, 0.29) is 28.1 Å². The maximum Gasteiger partial charge on any atom is 0.251 e.